The molecule has 0 aliphatic carbocycles. The standard InChI is InChI=1S/C23H15Cl2N3OS/c1-12-10-17-18(11-16(12)24)28-22(27-17)13-6-8-14(9-7-13)26-23(29)21-20(25)15-4-2-3-5-19(15)30-21/h2-11H,1H3,(H,26,29)(H,27,28). The molecule has 2 N–H and O–H groups in total. The van der Waals surface area contributed by atoms with Gasteiger partial charge in [-0.05, 0) is 55.0 Å². The highest BCUT2D eigenvalue weighted by molar-refractivity contribution is 7.21. The number of amides is 1. The number of aromatic amines is 1. The number of fused-ring (bicyclic) bond motifs is 2. The predicted octanol–water partition coefficient (Wildman–Crippen LogP) is 7.31. The molecule has 30 heavy (non-hydrogen) atoms. The molecule has 0 aliphatic rings. The van der Waals surface area contributed by atoms with E-state index in [9.17, 15) is 4.79 Å². The lowest BCUT2D eigenvalue weighted by atomic mass is 10.2. The molecule has 0 spiro atoms. The summed E-state index contributed by atoms with van der Waals surface area (Å²) in [5, 5.41) is 4.99. The van der Waals surface area contributed by atoms with E-state index in [0.29, 0.717) is 20.6 Å². The van der Waals surface area contributed by atoms with E-state index in [-0.39, 0.29) is 5.91 Å². The van der Waals surface area contributed by atoms with Crippen LogP contribution in [0.15, 0.2) is 60.7 Å². The predicted molar refractivity (Wildman–Crippen MR) is 126 cm³/mol. The van der Waals surface area contributed by atoms with Crippen molar-refractivity contribution in [3.8, 4) is 11.4 Å². The molecule has 4 nitrogen and oxygen atoms in total. The molecule has 0 saturated carbocycles. The van der Waals surface area contributed by atoms with Crippen LogP contribution in [0.25, 0.3) is 32.5 Å². The minimum atomic E-state index is -0.220. The van der Waals surface area contributed by atoms with Gasteiger partial charge in [0.25, 0.3) is 5.91 Å². The van der Waals surface area contributed by atoms with Gasteiger partial charge in [-0.1, -0.05) is 41.4 Å². The number of nitrogens with zero attached hydrogens (tertiary/aromatic N) is 1. The topological polar surface area (TPSA) is 57.8 Å². The van der Waals surface area contributed by atoms with Gasteiger partial charge in [-0.3, -0.25) is 4.79 Å². The van der Waals surface area contributed by atoms with Gasteiger partial charge in [0.15, 0.2) is 0 Å². The molecule has 5 rings (SSSR count). The summed E-state index contributed by atoms with van der Waals surface area (Å²) in [6.45, 7) is 1.96. The number of anilines is 1. The highest BCUT2D eigenvalue weighted by Gasteiger charge is 2.17. The van der Waals surface area contributed by atoms with Crippen molar-refractivity contribution in [1.82, 2.24) is 9.97 Å². The third-order valence-corrected chi connectivity index (χ3v) is 7.00. The van der Waals surface area contributed by atoms with E-state index < -0.39 is 0 Å². The Labute approximate surface area is 186 Å². The number of halogens is 2. The van der Waals surface area contributed by atoms with Crippen LogP contribution in [0.4, 0.5) is 5.69 Å². The fourth-order valence-corrected chi connectivity index (χ4v) is 4.91. The first kappa shape index (κ1) is 19.1. The molecular formula is C23H15Cl2N3OS. The van der Waals surface area contributed by atoms with Crippen molar-refractivity contribution in [2.24, 2.45) is 0 Å². The number of hydrogen-bond acceptors (Lipinski definition) is 3. The zero-order chi connectivity index (χ0) is 20.8. The molecular weight excluding hydrogens is 437 g/mol. The summed E-state index contributed by atoms with van der Waals surface area (Å²) in [6, 6.07) is 19.1. The molecule has 0 atom stereocenters. The van der Waals surface area contributed by atoms with Crippen molar-refractivity contribution in [1.29, 1.82) is 0 Å². The molecule has 3 aromatic carbocycles. The van der Waals surface area contributed by atoms with Crippen LogP contribution in [0.2, 0.25) is 10.0 Å². The van der Waals surface area contributed by atoms with Crippen LogP contribution in [-0.2, 0) is 0 Å². The number of H-pyrrole nitrogens is 1. The van der Waals surface area contributed by atoms with E-state index in [2.05, 4.69) is 15.3 Å². The zero-order valence-corrected chi connectivity index (χ0v) is 18.1. The van der Waals surface area contributed by atoms with E-state index in [0.717, 1.165) is 38.1 Å². The number of imidazole rings is 1. The summed E-state index contributed by atoms with van der Waals surface area (Å²) in [6.07, 6.45) is 0. The van der Waals surface area contributed by atoms with Crippen LogP contribution in [0.5, 0.6) is 0 Å². The summed E-state index contributed by atoms with van der Waals surface area (Å²) in [4.78, 5) is 21.2. The number of benzene rings is 3. The van der Waals surface area contributed by atoms with Gasteiger partial charge in [0.2, 0.25) is 0 Å². The molecule has 0 radical (unpaired) electrons. The Kier molecular flexibility index (Phi) is 4.74. The number of rotatable bonds is 3. The zero-order valence-electron chi connectivity index (χ0n) is 15.8. The second kappa shape index (κ2) is 7.43. The molecule has 0 aliphatic heterocycles. The van der Waals surface area contributed by atoms with E-state index in [1.165, 1.54) is 11.3 Å². The number of carbonyl (C=O) groups is 1. The SMILES string of the molecule is Cc1cc2[nH]c(-c3ccc(NC(=O)c4sc5ccccc5c4Cl)cc3)nc2cc1Cl. The largest absolute Gasteiger partial charge is 0.338 e. The van der Waals surface area contributed by atoms with Crippen molar-refractivity contribution >= 4 is 67.3 Å². The van der Waals surface area contributed by atoms with E-state index >= 15 is 0 Å². The Bertz CT molecular complexity index is 1380. The number of thiophene rings is 1. The Morgan fingerprint density at radius 2 is 1.83 bits per heavy atom. The Morgan fingerprint density at radius 1 is 1.07 bits per heavy atom. The lowest BCUT2D eigenvalue weighted by molar-refractivity contribution is 0.103. The number of hydrogen-bond donors (Lipinski definition) is 2. The van der Waals surface area contributed by atoms with Gasteiger partial charge in [0.1, 0.15) is 10.7 Å². The maximum Gasteiger partial charge on any atom is 0.267 e. The second-order valence-electron chi connectivity index (χ2n) is 6.98. The fraction of sp³-hybridized carbons (Fsp3) is 0.0435. The third kappa shape index (κ3) is 3.35. The summed E-state index contributed by atoms with van der Waals surface area (Å²) in [5.74, 6) is 0.528. The quantitative estimate of drug-likeness (QED) is 0.302. The molecule has 0 fully saturated rings. The minimum absolute atomic E-state index is 0.220. The van der Waals surface area contributed by atoms with Crippen LogP contribution >= 0.6 is 34.5 Å². The van der Waals surface area contributed by atoms with Gasteiger partial charge in [0.05, 0.1) is 16.1 Å². The molecule has 2 heterocycles. The fourth-order valence-electron chi connectivity index (χ4n) is 3.34. The normalized spacial score (nSPS) is 11.3. The van der Waals surface area contributed by atoms with Gasteiger partial charge in [0, 0.05) is 26.4 Å². The van der Waals surface area contributed by atoms with Crippen molar-refractivity contribution in [2.75, 3.05) is 5.32 Å². The third-order valence-electron chi connectivity index (χ3n) is 4.92. The van der Waals surface area contributed by atoms with Gasteiger partial charge < -0.3 is 10.3 Å². The summed E-state index contributed by atoms with van der Waals surface area (Å²) in [5.41, 5.74) is 4.35. The van der Waals surface area contributed by atoms with Gasteiger partial charge in [-0.25, -0.2) is 4.98 Å². The summed E-state index contributed by atoms with van der Waals surface area (Å²) < 4.78 is 0.989. The molecule has 0 bridgehead atoms. The Hall–Kier alpha value is -2.86. The Morgan fingerprint density at radius 3 is 2.60 bits per heavy atom. The number of nitrogens with one attached hydrogen (secondary N) is 2. The molecule has 7 heteroatoms. The molecule has 5 aromatic rings. The van der Waals surface area contributed by atoms with Crippen molar-refractivity contribution in [3.63, 3.8) is 0 Å². The van der Waals surface area contributed by atoms with E-state index in [1.54, 1.807) is 0 Å². The monoisotopic (exact) mass is 451 g/mol. The second-order valence-corrected chi connectivity index (χ2v) is 8.81. The smallest absolute Gasteiger partial charge is 0.267 e. The molecule has 1 amide bonds. The molecule has 2 aromatic heterocycles. The average molecular weight is 452 g/mol. The van der Waals surface area contributed by atoms with E-state index in [1.807, 2.05) is 67.6 Å². The van der Waals surface area contributed by atoms with Crippen molar-refractivity contribution in [3.05, 3.63) is 81.1 Å². The number of carbonyl (C=O) groups excluding carboxylic acids is 1. The van der Waals surface area contributed by atoms with Crippen LogP contribution in [0, 0.1) is 6.92 Å². The van der Waals surface area contributed by atoms with Gasteiger partial charge in [-0.15, -0.1) is 11.3 Å². The lowest BCUT2D eigenvalue weighted by Crippen LogP contribution is -2.10. The van der Waals surface area contributed by atoms with Gasteiger partial charge >= 0.3 is 0 Å². The number of aryl methyl sites for hydroxylation is 1. The molecule has 148 valence electrons. The van der Waals surface area contributed by atoms with E-state index in [4.69, 9.17) is 23.2 Å². The Balaban J connectivity index is 1.39. The maximum absolute atomic E-state index is 12.7. The minimum Gasteiger partial charge on any atom is -0.338 e. The summed E-state index contributed by atoms with van der Waals surface area (Å²) >= 11 is 14.0. The average Bonchev–Trinajstić information content (AvgIpc) is 3.30. The first-order chi connectivity index (χ1) is 14.5. The number of aromatic nitrogens is 2. The first-order valence-electron chi connectivity index (χ1n) is 9.24. The van der Waals surface area contributed by atoms with Crippen LogP contribution < -0.4 is 5.32 Å². The van der Waals surface area contributed by atoms with Crippen molar-refractivity contribution < 1.29 is 4.79 Å². The molecule has 0 saturated heterocycles. The lowest BCUT2D eigenvalue weighted by Gasteiger charge is -2.05. The summed E-state index contributed by atoms with van der Waals surface area (Å²) in [7, 11) is 0. The van der Waals surface area contributed by atoms with Gasteiger partial charge in [-0.2, -0.15) is 0 Å². The first-order valence-corrected chi connectivity index (χ1v) is 10.8. The van der Waals surface area contributed by atoms with Crippen LogP contribution in [0.3, 0.4) is 0 Å². The van der Waals surface area contributed by atoms with Crippen LogP contribution in [0.1, 0.15) is 15.2 Å². The highest BCUT2D eigenvalue weighted by Crippen LogP contribution is 2.35. The van der Waals surface area contributed by atoms with Crippen LogP contribution in [-0.4, -0.2) is 15.9 Å². The molecule has 0 unspecified atom stereocenters. The highest BCUT2D eigenvalue weighted by atomic mass is 35.5. The van der Waals surface area contributed by atoms with Crippen molar-refractivity contribution in [2.45, 2.75) is 6.92 Å². The maximum atomic E-state index is 12.7.